The summed E-state index contributed by atoms with van der Waals surface area (Å²) in [7, 11) is 1.36. The Morgan fingerprint density at radius 3 is 1.55 bits per heavy atom. The Morgan fingerprint density at radius 2 is 1.32 bits per heavy atom. The van der Waals surface area contributed by atoms with Gasteiger partial charge in [0.1, 0.15) is 20.8 Å². The Morgan fingerprint density at radius 1 is 0.968 bits per heavy atom. The first-order valence-corrected chi connectivity index (χ1v) is 9.92. The van der Waals surface area contributed by atoms with Crippen LogP contribution < -0.4 is 10.6 Å². The van der Waals surface area contributed by atoms with Crippen LogP contribution >= 0.6 is 58.8 Å². The quantitative estimate of drug-likeness (QED) is 0.300. The molecule has 2 saturated carbocycles. The van der Waals surface area contributed by atoms with Crippen molar-refractivity contribution in [2.24, 2.45) is 23.7 Å². The van der Waals surface area contributed by atoms with E-state index in [1.807, 2.05) is 0 Å². The number of ether oxygens (including phenoxy) is 1. The molecule has 4 aliphatic rings. The van der Waals surface area contributed by atoms with Gasteiger partial charge in [-0.1, -0.05) is 0 Å². The van der Waals surface area contributed by atoms with E-state index in [2.05, 4.69) is 15.4 Å². The van der Waals surface area contributed by atoms with Crippen LogP contribution in [0.2, 0.25) is 0 Å². The monoisotopic (exact) mass is 558 g/mol. The summed E-state index contributed by atoms with van der Waals surface area (Å²) >= 11 is 23.5. The van der Waals surface area contributed by atoms with Gasteiger partial charge in [0.05, 0.1) is 7.11 Å². The lowest BCUT2D eigenvalue weighted by Gasteiger charge is -2.13. The van der Waals surface area contributed by atoms with Gasteiger partial charge in [-0.3, -0.25) is 9.59 Å². The van der Waals surface area contributed by atoms with Crippen molar-refractivity contribution in [3.05, 3.63) is 0 Å². The van der Waals surface area contributed by atoms with E-state index < -0.39 is 32.8 Å². The molecule has 0 radical (unpaired) electrons. The fourth-order valence-electron chi connectivity index (χ4n) is 3.63. The summed E-state index contributed by atoms with van der Waals surface area (Å²) < 4.78 is 34.9. The van der Waals surface area contributed by atoms with Gasteiger partial charge in [0, 0.05) is 39.6 Å². The minimum Gasteiger partial charge on any atom is -0.480 e. The Labute approximate surface area is 203 Å². The van der Waals surface area contributed by atoms with E-state index >= 15 is 0 Å². The van der Waals surface area contributed by atoms with Crippen LogP contribution in [0.1, 0.15) is 2.85 Å². The highest BCUT2D eigenvalue weighted by atomic mass is 35.5. The molecule has 0 aromatic rings. The van der Waals surface area contributed by atoms with Crippen LogP contribution in [-0.2, 0) is 19.1 Å². The molecule has 0 aromatic heterocycles. The van der Waals surface area contributed by atoms with Gasteiger partial charge in [-0.25, -0.2) is 4.79 Å². The number of carbonyl (C=O) groups is 3. The molecule has 16 heteroatoms. The van der Waals surface area contributed by atoms with Gasteiger partial charge >= 0.3 is 24.1 Å². The minimum atomic E-state index is -5.08. The smallest absolute Gasteiger partial charge is 0.480 e. The number of methoxy groups -OCH3 is 1. The Bertz CT molecular complexity index is 737. The third-order valence-electron chi connectivity index (χ3n) is 5.32. The van der Waals surface area contributed by atoms with E-state index in [4.69, 9.17) is 61.4 Å². The largest absolute Gasteiger partial charge is 0.490 e. The molecule has 0 unspecified atom stereocenters. The lowest BCUT2D eigenvalue weighted by molar-refractivity contribution is -0.192. The van der Waals surface area contributed by atoms with Crippen LogP contribution in [0.5, 0.6) is 0 Å². The topological polar surface area (TPSA) is 125 Å². The summed E-state index contributed by atoms with van der Waals surface area (Å²) in [6.45, 7) is 1.33. The van der Waals surface area contributed by atoms with Gasteiger partial charge in [0.25, 0.3) is 0 Å². The van der Waals surface area contributed by atoms with Gasteiger partial charge in [0.2, 0.25) is 0 Å². The van der Waals surface area contributed by atoms with E-state index in [1.165, 1.54) is 7.11 Å². The number of nitrogens with one attached hydrogen (secondary N) is 2. The Kier molecular flexibility index (Phi) is 9.06. The van der Waals surface area contributed by atoms with Crippen molar-refractivity contribution in [2.75, 3.05) is 20.2 Å². The maximum Gasteiger partial charge on any atom is 0.490 e. The summed E-state index contributed by atoms with van der Waals surface area (Å²) in [6.07, 6.45) is -5.08. The molecule has 31 heavy (non-hydrogen) atoms. The van der Waals surface area contributed by atoms with E-state index in [1.54, 1.807) is 0 Å². The van der Waals surface area contributed by atoms with Gasteiger partial charge in [-0.05, 0) is 0 Å². The Hall–Kier alpha value is -0.430. The van der Waals surface area contributed by atoms with E-state index in [9.17, 15) is 22.8 Å². The van der Waals surface area contributed by atoms with Crippen molar-refractivity contribution in [3.8, 4) is 0 Å². The summed E-state index contributed by atoms with van der Waals surface area (Å²) in [6, 6.07) is -0.856. The van der Waals surface area contributed by atoms with E-state index in [-0.39, 0.29) is 50.9 Å². The number of carboxylic acids is 2. The molecule has 2 aliphatic carbocycles. The zero-order valence-corrected chi connectivity index (χ0v) is 19.3. The van der Waals surface area contributed by atoms with E-state index in [0.29, 0.717) is 13.1 Å². The van der Waals surface area contributed by atoms with Gasteiger partial charge < -0.3 is 25.6 Å². The number of alkyl halides is 7. The second-order valence-electron chi connectivity index (χ2n) is 7.05. The second-order valence-corrected chi connectivity index (χ2v) is 9.94. The number of rotatable bonds is 2. The molecule has 4 rings (SSSR count). The van der Waals surface area contributed by atoms with Gasteiger partial charge in [-0.15, -0.1) is 58.8 Å². The summed E-state index contributed by atoms with van der Waals surface area (Å²) in [4.78, 5) is 30.6. The maximum atomic E-state index is 11.1. The molecule has 0 bridgehead atoms. The molecule has 4 fully saturated rings. The lowest BCUT2D eigenvalue weighted by atomic mass is 10.2. The molecule has 0 aromatic carbocycles. The third-order valence-corrected chi connectivity index (χ3v) is 7.45. The minimum absolute atomic E-state index is 0. The maximum absolute atomic E-state index is 11.1. The van der Waals surface area contributed by atoms with Crippen molar-refractivity contribution in [1.29, 1.82) is 0 Å². The van der Waals surface area contributed by atoms with Crippen LogP contribution in [0.3, 0.4) is 0 Å². The number of hydrogen-bond acceptors (Lipinski definition) is 6. The standard InChI is InChI=1S/C7H9Cl2NO2.C6H7Cl2NO2.C2HF3O2.ClH.2H2/c1-12-6(11)5-4-3(2-10-5)7(4,8)9;7-6(8)2-1-9-4(3(2)6)5(10)11;3-2(4,5)1(6)7;;;/h3-5,10H,2H2,1H3;2-4,9H,1H2,(H,10,11);(H,6,7);3*1H/t3-,4-,5-;2-,3-,4-;;;;/m00..../s1. The Balaban J connectivity index is 0. The second kappa shape index (κ2) is 9.82. The highest BCUT2D eigenvalue weighted by Gasteiger charge is 2.71. The number of hydrogen-bond donors (Lipinski definition) is 4. The fourth-order valence-corrected chi connectivity index (χ4v) is 5.34. The van der Waals surface area contributed by atoms with Gasteiger partial charge in [0.15, 0.2) is 0 Å². The van der Waals surface area contributed by atoms with Crippen molar-refractivity contribution in [1.82, 2.24) is 10.6 Å². The molecule has 2 heterocycles. The van der Waals surface area contributed by atoms with Gasteiger partial charge in [-0.2, -0.15) is 13.2 Å². The first-order chi connectivity index (χ1) is 13.6. The van der Waals surface area contributed by atoms with Crippen molar-refractivity contribution >= 4 is 76.7 Å². The van der Waals surface area contributed by atoms with E-state index in [0.717, 1.165) is 0 Å². The molecule has 8 nitrogen and oxygen atoms in total. The van der Waals surface area contributed by atoms with Crippen LogP contribution in [0.25, 0.3) is 0 Å². The number of carbonyl (C=O) groups excluding carboxylic acids is 1. The number of esters is 1. The molecule has 2 saturated heterocycles. The fraction of sp³-hybridized carbons (Fsp3) is 0.800. The average Bonchev–Trinajstić information content (AvgIpc) is 3.16. The molecule has 2 aliphatic heterocycles. The van der Waals surface area contributed by atoms with Crippen molar-refractivity contribution in [2.45, 2.75) is 26.9 Å². The predicted octanol–water partition coefficient (Wildman–Crippen LogP) is 2.56. The number of carboxylic acid groups (broad SMARTS) is 2. The molecular weight excluding hydrogens is 538 g/mol. The zero-order chi connectivity index (χ0) is 23.2. The van der Waals surface area contributed by atoms with Crippen molar-refractivity contribution in [3.63, 3.8) is 0 Å². The highest BCUT2D eigenvalue weighted by molar-refractivity contribution is 6.52. The SMILES string of the molecule is COC(=O)[C@H]1NC[C@H]2[C@@H]1C2(Cl)Cl.Cl.O=C(O)C(F)(F)F.O=C(O)[C@H]1NC[C@H]2[C@@H]1C2(Cl)Cl.[HH].[HH]. The molecule has 4 N–H and O–H groups in total. The first kappa shape index (κ1) is 28.6. The summed E-state index contributed by atoms with van der Waals surface area (Å²) in [5.41, 5.74) is 0. The average molecular weight is 561 g/mol. The molecular formula is C15H22Cl5F3N2O6. The third kappa shape index (κ3) is 5.93. The predicted molar refractivity (Wildman–Crippen MR) is 111 cm³/mol. The first-order valence-electron chi connectivity index (χ1n) is 8.41. The number of piperidine rings is 2. The normalized spacial score (nSPS) is 34.8. The molecule has 184 valence electrons. The van der Waals surface area contributed by atoms with Crippen LogP contribution in [0.15, 0.2) is 0 Å². The van der Waals surface area contributed by atoms with Crippen LogP contribution in [-0.4, -0.2) is 75.2 Å². The number of halogens is 8. The highest BCUT2D eigenvalue weighted by Crippen LogP contribution is 2.63. The number of fused-ring (bicyclic) bond motifs is 2. The van der Waals surface area contributed by atoms with Crippen molar-refractivity contribution < 1.29 is 45.4 Å². The zero-order valence-electron chi connectivity index (χ0n) is 15.5. The van der Waals surface area contributed by atoms with Crippen LogP contribution in [0, 0.1) is 23.7 Å². The summed E-state index contributed by atoms with van der Waals surface area (Å²) in [5, 5.41) is 21.6. The lowest BCUT2D eigenvalue weighted by Crippen LogP contribution is -2.38. The molecule has 0 amide bonds. The molecule has 6 atom stereocenters. The molecule has 0 spiro atoms. The van der Waals surface area contributed by atoms with Crippen LogP contribution in [0.4, 0.5) is 13.2 Å². The number of aliphatic carboxylic acids is 2. The summed E-state index contributed by atoms with van der Waals surface area (Å²) in [5.74, 6) is -3.60.